The van der Waals surface area contributed by atoms with Gasteiger partial charge in [0.25, 0.3) is 0 Å². The third kappa shape index (κ3) is 8.79. The Morgan fingerprint density at radius 2 is 1.81 bits per heavy atom. The number of likely N-dealkylation sites (tertiary alicyclic amines) is 1. The number of nitrogens with zero attached hydrogens (tertiary/aromatic N) is 4. The number of carboxylic acids is 2. The molecule has 2 N–H and O–H groups in total. The zero-order valence-corrected chi connectivity index (χ0v) is 26.4. The van der Waals surface area contributed by atoms with Gasteiger partial charge in [0.1, 0.15) is 18.2 Å². The van der Waals surface area contributed by atoms with Crippen molar-refractivity contribution < 1.29 is 46.8 Å². The number of aromatic carboxylic acids is 1. The molecule has 0 saturated carbocycles. The number of carbonyl (C=O) groups is 2. The van der Waals surface area contributed by atoms with Gasteiger partial charge >= 0.3 is 18.1 Å². The molecule has 256 valence electrons. The van der Waals surface area contributed by atoms with E-state index in [1.165, 1.54) is 6.07 Å². The molecule has 2 fully saturated rings. The molecule has 0 amide bonds. The van der Waals surface area contributed by atoms with Crippen molar-refractivity contribution in [2.24, 2.45) is 5.92 Å². The zero-order valence-electron chi connectivity index (χ0n) is 25.6. The van der Waals surface area contributed by atoms with Gasteiger partial charge in [0, 0.05) is 41.4 Å². The molecule has 2 aromatic heterocycles. The summed E-state index contributed by atoms with van der Waals surface area (Å²) < 4.78 is 59.8. The Hall–Kier alpha value is -4.27. The van der Waals surface area contributed by atoms with E-state index in [9.17, 15) is 27.5 Å². The van der Waals surface area contributed by atoms with Crippen LogP contribution < -0.4 is 4.74 Å². The van der Waals surface area contributed by atoms with Crippen molar-refractivity contribution in [1.82, 2.24) is 19.4 Å². The highest BCUT2D eigenvalue weighted by Crippen LogP contribution is 2.34. The van der Waals surface area contributed by atoms with E-state index in [-0.39, 0.29) is 18.1 Å². The SMILES string of the molecule is O=C(O)C(F)(F)F.O=C(O)c1ccc2nc(CN3CCC(c4cccnc4OCc4ccc(Cl)cc4F)CC3)n(C[C@H]3CCOC3)c2c1. The molecule has 0 aliphatic carbocycles. The number of ether oxygens (including phenoxy) is 2. The van der Waals surface area contributed by atoms with Crippen molar-refractivity contribution in [3.05, 3.63) is 88.1 Å². The molecule has 15 heteroatoms. The van der Waals surface area contributed by atoms with E-state index in [0.29, 0.717) is 35.5 Å². The number of rotatable bonds is 9. The molecular formula is C33H33ClF4N4O6. The van der Waals surface area contributed by atoms with Gasteiger partial charge in [-0.25, -0.2) is 23.9 Å². The first-order chi connectivity index (χ1) is 22.9. The summed E-state index contributed by atoms with van der Waals surface area (Å²) in [6, 6.07) is 13.7. The molecule has 0 radical (unpaired) electrons. The van der Waals surface area contributed by atoms with Crippen molar-refractivity contribution in [2.75, 3.05) is 26.3 Å². The molecule has 1 atom stereocenters. The third-order valence-electron chi connectivity index (χ3n) is 8.35. The van der Waals surface area contributed by atoms with Crippen LogP contribution in [0.2, 0.25) is 5.02 Å². The van der Waals surface area contributed by atoms with Crippen LogP contribution in [0.1, 0.15) is 52.5 Å². The first-order valence-electron chi connectivity index (χ1n) is 15.2. The van der Waals surface area contributed by atoms with Gasteiger partial charge < -0.3 is 24.3 Å². The largest absolute Gasteiger partial charge is 0.490 e. The van der Waals surface area contributed by atoms with E-state index in [4.69, 9.17) is 36.0 Å². The highest BCUT2D eigenvalue weighted by Gasteiger charge is 2.38. The molecule has 4 aromatic rings. The fourth-order valence-corrected chi connectivity index (χ4v) is 6.00. The topological polar surface area (TPSA) is 127 Å². The molecule has 2 aliphatic rings. The Balaban J connectivity index is 0.000000582. The minimum absolute atomic E-state index is 0.0811. The zero-order chi connectivity index (χ0) is 34.4. The Labute approximate surface area is 277 Å². The van der Waals surface area contributed by atoms with Gasteiger partial charge in [-0.05, 0) is 74.7 Å². The molecule has 4 heterocycles. The molecule has 6 rings (SSSR count). The summed E-state index contributed by atoms with van der Waals surface area (Å²) in [6.45, 7) is 4.75. The quantitative estimate of drug-likeness (QED) is 0.188. The van der Waals surface area contributed by atoms with Crippen LogP contribution in [-0.4, -0.2) is 74.1 Å². The average molecular weight is 693 g/mol. The van der Waals surface area contributed by atoms with Crippen LogP contribution in [0.25, 0.3) is 11.0 Å². The number of hydrogen-bond acceptors (Lipinski definition) is 7. The third-order valence-corrected chi connectivity index (χ3v) is 8.59. The molecule has 2 aromatic carbocycles. The Kier molecular flexibility index (Phi) is 11.2. The van der Waals surface area contributed by atoms with Crippen LogP contribution >= 0.6 is 11.6 Å². The predicted octanol–water partition coefficient (Wildman–Crippen LogP) is 6.55. The summed E-state index contributed by atoms with van der Waals surface area (Å²) in [5.41, 5.74) is 3.41. The number of hydrogen-bond donors (Lipinski definition) is 2. The number of alkyl halides is 3. The molecule has 0 spiro atoms. The lowest BCUT2D eigenvalue weighted by Crippen LogP contribution is -2.33. The fraction of sp³-hybridized carbons (Fsp3) is 0.394. The molecule has 48 heavy (non-hydrogen) atoms. The first kappa shape index (κ1) is 35.0. The van der Waals surface area contributed by atoms with E-state index in [2.05, 4.69) is 14.5 Å². The first-order valence-corrected chi connectivity index (χ1v) is 15.6. The van der Waals surface area contributed by atoms with E-state index >= 15 is 0 Å². The number of aromatic nitrogens is 3. The van der Waals surface area contributed by atoms with E-state index < -0.39 is 23.9 Å². The second kappa shape index (κ2) is 15.3. The summed E-state index contributed by atoms with van der Waals surface area (Å²) in [5, 5.41) is 17.0. The second-order valence-corrected chi connectivity index (χ2v) is 12.1. The summed E-state index contributed by atoms with van der Waals surface area (Å²) in [6.07, 6.45) is -0.542. The number of carboxylic acid groups (broad SMARTS) is 2. The van der Waals surface area contributed by atoms with Crippen molar-refractivity contribution in [3.63, 3.8) is 0 Å². The van der Waals surface area contributed by atoms with Crippen LogP contribution in [-0.2, 0) is 29.2 Å². The van der Waals surface area contributed by atoms with Crippen molar-refractivity contribution >= 4 is 34.6 Å². The smallest absolute Gasteiger partial charge is 0.478 e. The highest BCUT2D eigenvalue weighted by molar-refractivity contribution is 6.30. The maximum atomic E-state index is 14.3. The molecule has 2 aliphatic heterocycles. The fourth-order valence-electron chi connectivity index (χ4n) is 5.84. The van der Waals surface area contributed by atoms with Crippen molar-refractivity contribution in [3.8, 4) is 5.88 Å². The summed E-state index contributed by atoms with van der Waals surface area (Å²) >= 11 is 5.88. The standard InChI is InChI=1S/C31H32ClFN4O4.C2HF3O2/c32-24-5-3-23(26(33)15-24)19-41-30-25(2-1-10-34-30)21-7-11-36(12-8-21)17-29-35-27-6-4-22(31(38)39)14-28(27)37(29)16-20-9-13-40-18-20;3-2(4,5)1(6)7/h1-6,10,14-15,20-21H,7-9,11-13,16-19H2,(H,38,39);(H,6,7)/t20-;/m1./s1. The minimum atomic E-state index is -5.08. The monoisotopic (exact) mass is 692 g/mol. The molecule has 10 nitrogen and oxygen atoms in total. The number of pyridine rings is 1. The summed E-state index contributed by atoms with van der Waals surface area (Å²) in [5.74, 6) is -1.95. The van der Waals surface area contributed by atoms with Gasteiger partial charge in [-0.1, -0.05) is 23.7 Å². The van der Waals surface area contributed by atoms with Gasteiger partial charge in [0.15, 0.2) is 0 Å². The maximum Gasteiger partial charge on any atom is 0.490 e. The average Bonchev–Trinajstić information content (AvgIpc) is 3.69. The van der Waals surface area contributed by atoms with Gasteiger partial charge in [-0.15, -0.1) is 0 Å². The molecule has 0 unspecified atom stereocenters. The van der Waals surface area contributed by atoms with Gasteiger partial charge in [-0.2, -0.15) is 13.2 Å². The lowest BCUT2D eigenvalue weighted by atomic mass is 9.90. The maximum absolute atomic E-state index is 14.3. The van der Waals surface area contributed by atoms with Gasteiger partial charge in [0.05, 0.1) is 29.7 Å². The lowest BCUT2D eigenvalue weighted by Gasteiger charge is -2.32. The van der Waals surface area contributed by atoms with Crippen LogP contribution in [0, 0.1) is 11.7 Å². The highest BCUT2D eigenvalue weighted by atomic mass is 35.5. The van der Waals surface area contributed by atoms with Crippen molar-refractivity contribution in [2.45, 2.75) is 51.1 Å². The van der Waals surface area contributed by atoms with E-state index in [1.807, 2.05) is 12.1 Å². The predicted molar refractivity (Wildman–Crippen MR) is 167 cm³/mol. The van der Waals surface area contributed by atoms with Crippen LogP contribution in [0.4, 0.5) is 17.6 Å². The van der Waals surface area contributed by atoms with Crippen molar-refractivity contribution in [1.29, 1.82) is 0 Å². The lowest BCUT2D eigenvalue weighted by molar-refractivity contribution is -0.192. The Morgan fingerprint density at radius 1 is 1.06 bits per heavy atom. The Bertz CT molecular complexity index is 1750. The number of halogens is 5. The van der Waals surface area contributed by atoms with Gasteiger partial charge in [-0.3, -0.25) is 4.90 Å². The number of piperidine rings is 1. The summed E-state index contributed by atoms with van der Waals surface area (Å²) in [4.78, 5) is 32.3. The number of fused-ring (bicyclic) bond motifs is 1. The second-order valence-electron chi connectivity index (χ2n) is 11.7. The van der Waals surface area contributed by atoms with Crippen LogP contribution in [0.15, 0.2) is 54.7 Å². The number of imidazole rings is 1. The van der Waals surface area contributed by atoms with Gasteiger partial charge in [0.2, 0.25) is 5.88 Å². The van der Waals surface area contributed by atoms with Crippen LogP contribution in [0.5, 0.6) is 5.88 Å². The molecule has 2 saturated heterocycles. The van der Waals surface area contributed by atoms with E-state index in [1.54, 1.807) is 36.5 Å². The molecular weight excluding hydrogens is 660 g/mol. The number of benzene rings is 2. The Morgan fingerprint density at radius 3 is 2.46 bits per heavy atom. The minimum Gasteiger partial charge on any atom is -0.478 e. The van der Waals surface area contributed by atoms with Crippen LogP contribution in [0.3, 0.4) is 0 Å². The van der Waals surface area contributed by atoms with E-state index in [0.717, 1.165) is 67.9 Å². The molecule has 0 bridgehead atoms. The summed E-state index contributed by atoms with van der Waals surface area (Å²) in [7, 11) is 0. The number of aliphatic carboxylic acids is 1. The normalized spacial score (nSPS) is 17.2.